The van der Waals surface area contributed by atoms with Crippen molar-refractivity contribution >= 4 is 29.2 Å². The summed E-state index contributed by atoms with van der Waals surface area (Å²) in [5.74, 6) is -0.502. The van der Waals surface area contributed by atoms with Crippen LogP contribution in [0, 0.1) is 11.6 Å². The van der Waals surface area contributed by atoms with Crippen molar-refractivity contribution in [3.63, 3.8) is 0 Å². The number of benzene rings is 1. The molecule has 0 saturated carbocycles. The number of piperidine rings is 1. The lowest BCUT2D eigenvalue weighted by molar-refractivity contribution is 0.187. The van der Waals surface area contributed by atoms with E-state index in [1.807, 2.05) is 24.8 Å². The second-order valence-corrected chi connectivity index (χ2v) is 9.57. The number of amides is 1. The molecule has 200 valence electrons. The highest BCUT2D eigenvalue weighted by atomic mass is 19.1. The Morgan fingerprint density at radius 3 is 2.58 bits per heavy atom. The predicted molar refractivity (Wildman–Crippen MR) is 139 cm³/mol. The van der Waals surface area contributed by atoms with E-state index < -0.39 is 17.7 Å². The number of fused-ring (bicyclic) bond motifs is 1. The largest absolute Gasteiger partial charge is 0.486 e. The number of ether oxygens (including phenoxy) is 1. The van der Waals surface area contributed by atoms with Crippen molar-refractivity contribution in [2.24, 2.45) is 0 Å². The first-order chi connectivity index (χ1) is 18.3. The smallest absolute Gasteiger partial charge is 0.404 e. The highest BCUT2D eigenvalue weighted by molar-refractivity contribution is 5.73. The van der Waals surface area contributed by atoms with Crippen molar-refractivity contribution in [1.82, 2.24) is 20.3 Å². The number of hydrogen-bond acceptors (Lipinski definition) is 8. The molecule has 0 unspecified atom stereocenters. The molecule has 38 heavy (non-hydrogen) atoms. The summed E-state index contributed by atoms with van der Waals surface area (Å²) in [5, 5.41) is 14.4. The zero-order valence-electron chi connectivity index (χ0n) is 21.1. The van der Waals surface area contributed by atoms with E-state index in [1.54, 1.807) is 18.3 Å². The lowest BCUT2D eigenvalue weighted by Crippen LogP contribution is -2.44. The van der Waals surface area contributed by atoms with Crippen molar-refractivity contribution in [2.75, 3.05) is 41.4 Å². The van der Waals surface area contributed by atoms with Crippen molar-refractivity contribution in [1.29, 1.82) is 0 Å². The number of hydrogen-bond donors (Lipinski definition) is 3. The third kappa shape index (κ3) is 5.38. The first-order valence-electron chi connectivity index (χ1n) is 12.5. The molecule has 1 aromatic carbocycles. The zero-order valence-corrected chi connectivity index (χ0v) is 21.1. The second-order valence-electron chi connectivity index (χ2n) is 9.57. The Morgan fingerprint density at radius 1 is 1.11 bits per heavy atom. The standard InChI is InChI=1S/C26H29F2N7O3/c1-15(2)35-9-10-38-24-19(27)11-16(12-21(24)35)23-20(28)14-30-25(33-23)32-22-4-3-18(13-29-22)34-7-5-17(6-8-34)31-26(36)37/h3-4,11-15,17,31H,5-10H2,1-2H3,(H,36,37)(H,29,30,32,33). The molecule has 0 bridgehead atoms. The Kier molecular flexibility index (Phi) is 7.12. The molecule has 3 aromatic rings. The third-order valence-corrected chi connectivity index (χ3v) is 6.73. The zero-order chi connectivity index (χ0) is 26.8. The van der Waals surface area contributed by atoms with Crippen LogP contribution in [0.15, 0.2) is 36.7 Å². The molecule has 2 aliphatic heterocycles. The number of carboxylic acid groups (broad SMARTS) is 1. The van der Waals surface area contributed by atoms with Gasteiger partial charge in [0.05, 0.1) is 30.3 Å². The molecule has 0 spiro atoms. The molecule has 0 atom stereocenters. The fraction of sp³-hybridized carbons (Fsp3) is 0.385. The second kappa shape index (κ2) is 10.6. The average molecular weight is 526 g/mol. The number of carbonyl (C=O) groups is 1. The molecule has 3 N–H and O–H groups in total. The summed E-state index contributed by atoms with van der Waals surface area (Å²) in [6.07, 6.45) is 3.17. The number of aromatic nitrogens is 3. The monoisotopic (exact) mass is 525 g/mol. The number of pyridine rings is 1. The Hall–Kier alpha value is -4.22. The summed E-state index contributed by atoms with van der Waals surface area (Å²) in [6.45, 7) is 6.41. The van der Waals surface area contributed by atoms with Crippen LogP contribution in [0.5, 0.6) is 5.75 Å². The van der Waals surface area contributed by atoms with E-state index in [1.165, 1.54) is 6.07 Å². The molecule has 1 fully saturated rings. The normalized spacial score (nSPS) is 15.7. The van der Waals surface area contributed by atoms with Crippen molar-refractivity contribution < 1.29 is 23.4 Å². The molecule has 1 saturated heterocycles. The number of nitrogens with one attached hydrogen (secondary N) is 2. The molecule has 2 aromatic heterocycles. The fourth-order valence-electron chi connectivity index (χ4n) is 4.82. The van der Waals surface area contributed by atoms with Gasteiger partial charge in [0.25, 0.3) is 0 Å². The third-order valence-electron chi connectivity index (χ3n) is 6.73. The minimum Gasteiger partial charge on any atom is -0.486 e. The van der Waals surface area contributed by atoms with E-state index in [9.17, 15) is 13.6 Å². The van der Waals surface area contributed by atoms with Crippen molar-refractivity contribution in [3.8, 4) is 17.0 Å². The van der Waals surface area contributed by atoms with E-state index in [-0.39, 0.29) is 35.0 Å². The van der Waals surface area contributed by atoms with Gasteiger partial charge in [-0.15, -0.1) is 0 Å². The summed E-state index contributed by atoms with van der Waals surface area (Å²) in [4.78, 5) is 27.8. The maximum atomic E-state index is 14.9. The quantitative estimate of drug-likeness (QED) is 0.431. The lowest BCUT2D eigenvalue weighted by Gasteiger charge is -2.34. The summed E-state index contributed by atoms with van der Waals surface area (Å²) < 4.78 is 35.3. The number of halogens is 2. The predicted octanol–water partition coefficient (Wildman–Crippen LogP) is 4.40. The van der Waals surface area contributed by atoms with Crippen LogP contribution in [0.2, 0.25) is 0 Å². The topological polar surface area (TPSA) is 116 Å². The van der Waals surface area contributed by atoms with E-state index in [0.29, 0.717) is 50.6 Å². The molecular formula is C26H29F2N7O3. The Balaban J connectivity index is 1.32. The van der Waals surface area contributed by atoms with Crippen LogP contribution < -0.4 is 25.2 Å². The number of anilines is 4. The lowest BCUT2D eigenvalue weighted by atomic mass is 10.0. The molecule has 5 rings (SSSR count). The summed E-state index contributed by atoms with van der Waals surface area (Å²) in [5.41, 5.74) is 1.72. The Morgan fingerprint density at radius 2 is 1.89 bits per heavy atom. The summed E-state index contributed by atoms with van der Waals surface area (Å²) >= 11 is 0. The van der Waals surface area contributed by atoms with Gasteiger partial charge in [0.2, 0.25) is 5.95 Å². The fourth-order valence-corrected chi connectivity index (χ4v) is 4.82. The van der Waals surface area contributed by atoms with Gasteiger partial charge in [-0.25, -0.2) is 28.5 Å². The van der Waals surface area contributed by atoms with Crippen LogP contribution >= 0.6 is 0 Å². The first kappa shape index (κ1) is 25.4. The van der Waals surface area contributed by atoms with Gasteiger partial charge in [0.15, 0.2) is 17.4 Å². The highest BCUT2D eigenvalue weighted by Crippen LogP contribution is 2.39. The van der Waals surface area contributed by atoms with Gasteiger partial charge in [-0.3, -0.25) is 0 Å². The maximum Gasteiger partial charge on any atom is 0.404 e. The summed E-state index contributed by atoms with van der Waals surface area (Å²) in [7, 11) is 0. The molecule has 4 heterocycles. The van der Waals surface area contributed by atoms with Crippen molar-refractivity contribution in [3.05, 3.63) is 48.3 Å². The van der Waals surface area contributed by atoms with Crippen LogP contribution in [0.1, 0.15) is 26.7 Å². The van der Waals surface area contributed by atoms with Crippen LogP contribution in [-0.4, -0.2) is 64.5 Å². The maximum absolute atomic E-state index is 14.9. The van der Waals surface area contributed by atoms with Crippen molar-refractivity contribution in [2.45, 2.75) is 38.8 Å². The van der Waals surface area contributed by atoms with Crippen LogP contribution in [0.3, 0.4) is 0 Å². The van der Waals surface area contributed by atoms with Crippen LogP contribution in [0.4, 0.5) is 36.7 Å². The van der Waals surface area contributed by atoms with Gasteiger partial charge in [0, 0.05) is 30.7 Å². The van der Waals surface area contributed by atoms with Crippen LogP contribution in [-0.2, 0) is 0 Å². The molecule has 2 aliphatic rings. The molecule has 10 nitrogen and oxygen atoms in total. The van der Waals surface area contributed by atoms with Gasteiger partial charge < -0.3 is 30.3 Å². The minimum atomic E-state index is -1.00. The minimum absolute atomic E-state index is 0.0343. The molecule has 0 aliphatic carbocycles. The number of nitrogens with zero attached hydrogens (tertiary/aromatic N) is 5. The Labute approximate surface area is 218 Å². The van der Waals surface area contributed by atoms with E-state index in [4.69, 9.17) is 9.84 Å². The van der Waals surface area contributed by atoms with Gasteiger partial charge in [-0.2, -0.15) is 0 Å². The average Bonchev–Trinajstić information content (AvgIpc) is 2.90. The Bertz CT molecular complexity index is 1310. The molecule has 1 amide bonds. The summed E-state index contributed by atoms with van der Waals surface area (Å²) in [6, 6.07) is 6.63. The van der Waals surface area contributed by atoms with Gasteiger partial charge in [-0.1, -0.05) is 0 Å². The van der Waals surface area contributed by atoms with E-state index >= 15 is 0 Å². The first-order valence-corrected chi connectivity index (χ1v) is 12.5. The van der Waals surface area contributed by atoms with Gasteiger partial charge in [0.1, 0.15) is 18.1 Å². The molecule has 12 heteroatoms. The molecule has 0 radical (unpaired) electrons. The number of rotatable bonds is 6. The van der Waals surface area contributed by atoms with Gasteiger partial charge in [-0.05, 0) is 51.0 Å². The van der Waals surface area contributed by atoms with Gasteiger partial charge >= 0.3 is 6.09 Å². The SMILES string of the molecule is CC(C)N1CCOc2c(F)cc(-c3nc(Nc4ccc(N5CCC(NC(=O)O)CC5)cn4)ncc3F)cc21. The molecular weight excluding hydrogens is 496 g/mol. The van der Waals surface area contributed by atoms with E-state index in [2.05, 4.69) is 30.5 Å². The highest BCUT2D eigenvalue weighted by Gasteiger charge is 2.26. The van der Waals surface area contributed by atoms with Crippen LogP contribution in [0.25, 0.3) is 11.3 Å². The van der Waals surface area contributed by atoms with E-state index in [0.717, 1.165) is 11.9 Å².